The zero-order valence-electron chi connectivity index (χ0n) is 12.2. The molecule has 0 radical (unpaired) electrons. The van der Waals surface area contributed by atoms with Crippen LogP contribution in [0.3, 0.4) is 0 Å². The molecule has 0 amide bonds. The molecule has 1 aliphatic heterocycles. The lowest BCUT2D eigenvalue weighted by atomic mass is 10.1. The van der Waals surface area contributed by atoms with Gasteiger partial charge in [0, 0.05) is 6.61 Å². The Morgan fingerprint density at radius 3 is 2.89 bits per heavy atom. The molecule has 0 bridgehead atoms. The monoisotopic (exact) mass is 267 g/mol. The van der Waals surface area contributed by atoms with Gasteiger partial charge in [0.05, 0.1) is 18.7 Å². The Bertz CT molecular complexity index is 373. The Labute approximate surface area is 114 Å². The summed E-state index contributed by atoms with van der Waals surface area (Å²) < 4.78 is 7.63. The lowest BCUT2D eigenvalue weighted by molar-refractivity contribution is 0.00296. The maximum Gasteiger partial charge on any atom is 0.168 e. The molecule has 1 fully saturated rings. The SMILES string of the molecule is CC(C)CNC(C)c1nnnn1CC1CCCCO1. The second-order valence-corrected chi connectivity index (χ2v) is 5.73. The number of aromatic nitrogens is 4. The Kier molecular flexibility index (Phi) is 5.27. The van der Waals surface area contributed by atoms with Crippen LogP contribution in [-0.4, -0.2) is 39.5 Å². The first-order valence-electron chi connectivity index (χ1n) is 7.28. The summed E-state index contributed by atoms with van der Waals surface area (Å²) in [4.78, 5) is 0. The van der Waals surface area contributed by atoms with Crippen molar-refractivity contribution >= 4 is 0 Å². The van der Waals surface area contributed by atoms with E-state index in [-0.39, 0.29) is 12.1 Å². The molecule has 19 heavy (non-hydrogen) atoms. The van der Waals surface area contributed by atoms with Gasteiger partial charge in [-0.2, -0.15) is 0 Å². The summed E-state index contributed by atoms with van der Waals surface area (Å²) in [6.07, 6.45) is 3.77. The maximum absolute atomic E-state index is 5.75. The molecule has 2 unspecified atom stereocenters. The number of tetrazole rings is 1. The molecule has 2 atom stereocenters. The van der Waals surface area contributed by atoms with Crippen molar-refractivity contribution < 1.29 is 4.74 Å². The molecular weight excluding hydrogens is 242 g/mol. The van der Waals surface area contributed by atoms with Crippen molar-refractivity contribution in [3.05, 3.63) is 5.82 Å². The third-order valence-corrected chi connectivity index (χ3v) is 3.43. The Morgan fingerprint density at radius 2 is 2.21 bits per heavy atom. The van der Waals surface area contributed by atoms with Crippen LogP contribution in [0.15, 0.2) is 0 Å². The fourth-order valence-corrected chi connectivity index (χ4v) is 2.30. The van der Waals surface area contributed by atoms with Crippen molar-refractivity contribution in [2.75, 3.05) is 13.2 Å². The minimum absolute atomic E-state index is 0.168. The molecule has 1 aromatic rings. The van der Waals surface area contributed by atoms with Gasteiger partial charge in [0.15, 0.2) is 5.82 Å². The number of hydrogen-bond donors (Lipinski definition) is 1. The van der Waals surface area contributed by atoms with E-state index in [0.717, 1.165) is 31.9 Å². The van der Waals surface area contributed by atoms with E-state index in [2.05, 4.69) is 41.6 Å². The lowest BCUT2D eigenvalue weighted by Gasteiger charge is -2.23. The number of nitrogens with one attached hydrogen (secondary N) is 1. The zero-order valence-corrected chi connectivity index (χ0v) is 12.2. The Hall–Kier alpha value is -1.01. The average Bonchev–Trinajstić information content (AvgIpc) is 2.85. The summed E-state index contributed by atoms with van der Waals surface area (Å²) in [5, 5.41) is 15.5. The summed E-state index contributed by atoms with van der Waals surface area (Å²) >= 11 is 0. The van der Waals surface area contributed by atoms with Gasteiger partial charge in [0.1, 0.15) is 0 Å². The van der Waals surface area contributed by atoms with Gasteiger partial charge in [-0.05, 0) is 49.1 Å². The van der Waals surface area contributed by atoms with Crippen molar-refractivity contribution in [1.29, 1.82) is 0 Å². The van der Waals surface area contributed by atoms with Crippen LogP contribution < -0.4 is 5.32 Å². The average molecular weight is 267 g/mol. The van der Waals surface area contributed by atoms with Crippen molar-refractivity contribution in [3.63, 3.8) is 0 Å². The van der Waals surface area contributed by atoms with Crippen LogP contribution in [-0.2, 0) is 11.3 Å². The quantitative estimate of drug-likeness (QED) is 0.847. The summed E-state index contributed by atoms with van der Waals surface area (Å²) in [7, 11) is 0. The molecule has 1 aliphatic rings. The first-order valence-corrected chi connectivity index (χ1v) is 7.28. The molecule has 1 N–H and O–H groups in total. The highest BCUT2D eigenvalue weighted by Gasteiger charge is 2.20. The van der Waals surface area contributed by atoms with Gasteiger partial charge in [-0.1, -0.05) is 13.8 Å². The van der Waals surface area contributed by atoms with Gasteiger partial charge < -0.3 is 10.1 Å². The Morgan fingerprint density at radius 1 is 1.37 bits per heavy atom. The van der Waals surface area contributed by atoms with Gasteiger partial charge in [0.2, 0.25) is 0 Å². The smallest absolute Gasteiger partial charge is 0.168 e. The van der Waals surface area contributed by atoms with Gasteiger partial charge in [-0.3, -0.25) is 0 Å². The van der Waals surface area contributed by atoms with Gasteiger partial charge in [-0.25, -0.2) is 4.68 Å². The summed E-state index contributed by atoms with van der Waals surface area (Å²) in [6, 6.07) is 0.168. The third-order valence-electron chi connectivity index (χ3n) is 3.43. The van der Waals surface area contributed by atoms with Gasteiger partial charge in [-0.15, -0.1) is 5.10 Å². The minimum Gasteiger partial charge on any atom is -0.376 e. The van der Waals surface area contributed by atoms with Crippen LogP contribution in [0.2, 0.25) is 0 Å². The molecule has 1 saturated heterocycles. The minimum atomic E-state index is 0.168. The summed E-state index contributed by atoms with van der Waals surface area (Å²) in [6.45, 7) is 9.08. The highest BCUT2D eigenvalue weighted by Crippen LogP contribution is 2.16. The molecule has 2 heterocycles. The van der Waals surface area contributed by atoms with Gasteiger partial charge in [0.25, 0.3) is 0 Å². The maximum atomic E-state index is 5.75. The Balaban J connectivity index is 1.92. The van der Waals surface area contributed by atoms with E-state index in [9.17, 15) is 0 Å². The zero-order chi connectivity index (χ0) is 13.7. The normalized spacial score (nSPS) is 21.8. The molecule has 0 aromatic carbocycles. The third kappa shape index (κ3) is 4.24. The van der Waals surface area contributed by atoms with Crippen LogP contribution in [0, 0.1) is 5.92 Å². The molecule has 0 spiro atoms. The van der Waals surface area contributed by atoms with E-state index in [1.165, 1.54) is 12.8 Å². The number of rotatable bonds is 6. The fraction of sp³-hybridized carbons (Fsp3) is 0.923. The standard InChI is InChI=1S/C13H25N5O/c1-10(2)8-14-11(3)13-15-16-17-18(13)9-12-6-4-5-7-19-12/h10-12,14H,4-9H2,1-3H3. The van der Waals surface area contributed by atoms with E-state index < -0.39 is 0 Å². The van der Waals surface area contributed by atoms with Crippen LogP contribution >= 0.6 is 0 Å². The van der Waals surface area contributed by atoms with Crippen molar-refractivity contribution in [3.8, 4) is 0 Å². The predicted octanol–water partition coefficient (Wildman–Crippen LogP) is 1.55. The number of nitrogens with zero attached hydrogens (tertiary/aromatic N) is 4. The van der Waals surface area contributed by atoms with E-state index in [1.807, 2.05) is 4.68 Å². The van der Waals surface area contributed by atoms with Crippen LogP contribution in [0.25, 0.3) is 0 Å². The van der Waals surface area contributed by atoms with Crippen LogP contribution in [0.5, 0.6) is 0 Å². The fourth-order valence-electron chi connectivity index (χ4n) is 2.30. The number of ether oxygens (including phenoxy) is 1. The molecule has 0 saturated carbocycles. The second kappa shape index (κ2) is 6.96. The molecule has 1 aromatic heterocycles. The van der Waals surface area contributed by atoms with Crippen molar-refractivity contribution in [1.82, 2.24) is 25.5 Å². The molecule has 2 rings (SSSR count). The second-order valence-electron chi connectivity index (χ2n) is 5.73. The highest BCUT2D eigenvalue weighted by molar-refractivity contribution is 4.90. The lowest BCUT2D eigenvalue weighted by Crippen LogP contribution is -2.29. The van der Waals surface area contributed by atoms with Crippen LogP contribution in [0.4, 0.5) is 0 Å². The molecular formula is C13H25N5O. The first-order chi connectivity index (χ1) is 9.16. The van der Waals surface area contributed by atoms with Crippen molar-refractivity contribution in [2.45, 2.75) is 58.7 Å². The van der Waals surface area contributed by atoms with E-state index >= 15 is 0 Å². The van der Waals surface area contributed by atoms with E-state index in [1.54, 1.807) is 0 Å². The highest BCUT2D eigenvalue weighted by atomic mass is 16.5. The predicted molar refractivity (Wildman–Crippen MR) is 72.7 cm³/mol. The molecule has 108 valence electrons. The van der Waals surface area contributed by atoms with E-state index in [4.69, 9.17) is 4.74 Å². The summed E-state index contributed by atoms with van der Waals surface area (Å²) in [5.41, 5.74) is 0. The number of hydrogen-bond acceptors (Lipinski definition) is 5. The first kappa shape index (κ1) is 14.4. The van der Waals surface area contributed by atoms with Gasteiger partial charge >= 0.3 is 0 Å². The molecule has 6 heteroatoms. The topological polar surface area (TPSA) is 64.9 Å². The largest absolute Gasteiger partial charge is 0.376 e. The van der Waals surface area contributed by atoms with Crippen molar-refractivity contribution in [2.24, 2.45) is 5.92 Å². The van der Waals surface area contributed by atoms with E-state index in [0.29, 0.717) is 5.92 Å². The summed E-state index contributed by atoms with van der Waals surface area (Å²) in [5.74, 6) is 1.52. The molecule has 0 aliphatic carbocycles. The van der Waals surface area contributed by atoms with Crippen LogP contribution in [0.1, 0.15) is 51.9 Å². The molecule has 6 nitrogen and oxygen atoms in total.